The minimum absolute atomic E-state index is 0.00223. The molecule has 0 N–H and O–H groups in total. The molecule has 0 spiro atoms. The second-order valence-corrected chi connectivity index (χ2v) is 7.59. The average Bonchev–Trinajstić information content (AvgIpc) is 2.31. The van der Waals surface area contributed by atoms with Gasteiger partial charge in [-0.25, -0.2) is 13.6 Å². The van der Waals surface area contributed by atoms with Crippen molar-refractivity contribution in [2.75, 3.05) is 13.1 Å². The lowest BCUT2D eigenvalue weighted by molar-refractivity contribution is -0.0612. The summed E-state index contributed by atoms with van der Waals surface area (Å²) in [4.78, 5) is 13.2. The molecule has 1 aromatic rings. The minimum Gasteiger partial charge on any atom is -0.444 e. The summed E-state index contributed by atoms with van der Waals surface area (Å²) in [5, 5.41) is 0. The van der Waals surface area contributed by atoms with Gasteiger partial charge in [0.2, 0.25) is 0 Å². The van der Waals surface area contributed by atoms with Crippen LogP contribution in [0.15, 0.2) is 28.7 Å². The number of benzene rings is 1. The second-order valence-electron chi connectivity index (χ2n) is 6.67. The number of amides is 1. The maximum atomic E-state index is 14.3. The highest BCUT2D eigenvalue weighted by Crippen LogP contribution is 2.38. The van der Waals surface area contributed by atoms with Crippen molar-refractivity contribution in [1.29, 1.82) is 0 Å². The number of likely N-dealkylation sites (tertiary alicyclic amines) is 1. The molecule has 1 aliphatic rings. The highest BCUT2D eigenvalue weighted by atomic mass is 79.9. The molecule has 2 rings (SSSR count). The molecule has 22 heavy (non-hydrogen) atoms. The van der Waals surface area contributed by atoms with Crippen LogP contribution in [0.3, 0.4) is 0 Å². The molecule has 3 nitrogen and oxygen atoms in total. The lowest BCUT2D eigenvalue weighted by atomic mass is 9.90. The number of nitrogens with zero attached hydrogens (tertiary/aromatic N) is 1. The highest BCUT2D eigenvalue weighted by molar-refractivity contribution is 9.10. The number of hydrogen-bond donors (Lipinski definition) is 0. The summed E-state index contributed by atoms with van der Waals surface area (Å²) in [7, 11) is 0. The van der Waals surface area contributed by atoms with E-state index in [2.05, 4.69) is 15.9 Å². The van der Waals surface area contributed by atoms with E-state index in [4.69, 9.17) is 4.74 Å². The normalized spacial score (nSPS) is 16.4. The van der Waals surface area contributed by atoms with Crippen molar-refractivity contribution in [3.8, 4) is 0 Å². The standard InChI is InChI=1S/C16H20BrF2NO2/c1-15(2,3)22-14(21)20-9-11(10-20)8-16(18,19)12-5-4-6-13(17)7-12/h4-7,11H,8-10H2,1-3H3. The van der Waals surface area contributed by atoms with Gasteiger partial charge in [0.05, 0.1) is 0 Å². The van der Waals surface area contributed by atoms with E-state index < -0.39 is 17.6 Å². The zero-order valence-electron chi connectivity index (χ0n) is 12.9. The van der Waals surface area contributed by atoms with E-state index in [1.54, 1.807) is 32.9 Å². The van der Waals surface area contributed by atoms with E-state index in [1.807, 2.05) is 0 Å². The first-order valence-corrected chi connectivity index (χ1v) is 7.98. The average molecular weight is 376 g/mol. The van der Waals surface area contributed by atoms with Crippen LogP contribution in [-0.2, 0) is 10.7 Å². The number of ether oxygens (including phenoxy) is 1. The number of alkyl halides is 2. The van der Waals surface area contributed by atoms with E-state index in [1.165, 1.54) is 17.0 Å². The fourth-order valence-electron chi connectivity index (χ4n) is 2.37. The van der Waals surface area contributed by atoms with Gasteiger partial charge in [-0.3, -0.25) is 0 Å². The molecule has 0 bridgehead atoms. The number of carbonyl (C=O) groups excluding carboxylic acids is 1. The van der Waals surface area contributed by atoms with Crippen LogP contribution < -0.4 is 0 Å². The SMILES string of the molecule is CC(C)(C)OC(=O)N1CC(CC(F)(F)c2cccc(Br)c2)C1. The van der Waals surface area contributed by atoms with Gasteiger partial charge in [-0.15, -0.1) is 0 Å². The quantitative estimate of drug-likeness (QED) is 0.759. The molecule has 1 aromatic carbocycles. The van der Waals surface area contributed by atoms with Crippen molar-refractivity contribution in [1.82, 2.24) is 4.90 Å². The van der Waals surface area contributed by atoms with Crippen LogP contribution in [0.1, 0.15) is 32.8 Å². The first-order valence-electron chi connectivity index (χ1n) is 7.19. The summed E-state index contributed by atoms with van der Waals surface area (Å²) in [6.07, 6.45) is -0.697. The molecule has 1 saturated heterocycles. The maximum absolute atomic E-state index is 14.3. The van der Waals surface area contributed by atoms with Crippen LogP contribution in [0.25, 0.3) is 0 Å². The van der Waals surface area contributed by atoms with E-state index in [0.29, 0.717) is 17.6 Å². The Morgan fingerprint density at radius 1 is 1.36 bits per heavy atom. The van der Waals surface area contributed by atoms with Crippen LogP contribution in [0.4, 0.5) is 13.6 Å². The summed E-state index contributed by atoms with van der Waals surface area (Å²) in [6, 6.07) is 6.17. The monoisotopic (exact) mass is 375 g/mol. The number of carbonyl (C=O) groups is 1. The topological polar surface area (TPSA) is 29.5 Å². The largest absolute Gasteiger partial charge is 0.444 e. The third-order valence-electron chi connectivity index (χ3n) is 3.40. The van der Waals surface area contributed by atoms with Gasteiger partial charge in [-0.05, 0) is 32.9 Å². The summed E-state index contributed by atoms with van der Waals surface area (Å²) in [5.74, 6) is -3.10. The van der Waals surface area contributed by atoms with Gasteiger partial charge in [0.15, 0.2) is 0 Å². The molecule has 0 unspecified atom stereocenters. The van der Waals surface area contributed by atoms with Crippen LogP contribution in [0.2, 0.25) is 0 Å². The van der Waals surface area contributed by atoms with Crippen LogP contribution in [0.5, 0.6) is 0 Å². The van der Waals surface area contributed by atoms with Crippen LogP contribution in [-0.4, -0.2) is 29.7 Å². The van der Waals surface area contributed by atoms with E-state index >= 15 is 0 Å². The Kier molecular flexibility index (Phi) is 4.80. The molecule has 0 atom stereocenters. The van der Waals surface area contributed by atoms with E-state index in [0.717, 1.165) is 0 Å². The van der Waals surface area contributed by atoms with Crippen molar-refractivity contribution in [2.24, 2.45) is 5.92 Å². The zero-order chi connectivity index (χ0) is 16.5. The summed E-state index contributed by atoms with van der Waals surface area (Å²) >= 11 is 3.21. The van der Waals surface area contributed by atoms with Gasteiger partial charge >= 0.3 is 6.09 Å². The van der Waals surface area contributed by atoms with Crippen molar-refractivity contribution < 1.29 is 18.3 Å². The molecule has 0 aliphatic carbocycles. The Balaban J connectivity index is 1.88. The number of hydrogen-bond acceptors (Lipinski definition) is 2. The third-order valence-corrected chi connectivity index (χ3v) is 3.89. The Morgan fingerprint density at radius 2 is 2.00 bits per heavy atom. The molecule has 1 heterocycles. The smallest absolute Gasteiger partial charge is 0.410 e. The first kappa shape index (κ1) is 17.2. The van der Waals surface area contributed by atoms with Crippen LogP contribution in [0, 0.1) is 5.92 Å². The van der Waals surface area contributed by atoms with Gasteiger partial charge in [0, 0.05) is 35.5 Å². The van der Waals surface area contributed by atoms with Crippen molar-refractivity contribution in [3.63, 3.8) is 0 Å². The molecule has 0 aromatic heterocycles. The van der Waals surface area contributed by atoms with Crippen molar-refractivity contribution >= 4 is 22.0 Å². The van der Waals surface area contributed by atoms with Gasteiger partial charge < -0.3 is 9.64 Å². The molecular weight excluding hydrogens is 356 g/mol. The second kappa shape index (κ2) is 6.14. The van der Waals surface area contributed by atoms with Gasteiger partial charge in [0.1, 0.15) is 5.60 Å². The van der Waals surface area contributed by atoms with Crippen LogP contribution >= 0.6 is 15.9 Å². The molecule has 1 amide bonds. The zero-order valence-corrected chi connectivity index (χ0v) is 14.5. The fourth-order valence-corrected chi connectivity index (χ4v) is 2.77. The molecular formula is C16H20BrF2NO2. The third kappa shape index (κ3) is 4.41. The van der Waals surface area contributed by atoms with Gasteiger partial charge in [-0.2, -0.15) is 0 Å². The summed E-state index contributed by atoms with van der Waals surface area (Å²) in [6.45, 7) is 5.98. The number of rotatable bonds is 3. The molecule has 1 fully saturated rings. The Hall–Kier alpha value is -1.17. The molecule has 1 aliphatic heterocycles. The Bertz CT molecular complexity index is 551. The van der Waals surface area contributed by atoms with Gasteiger partial charge in [-0.1, -0.05) is 28.1 Å². The Labute approximate surface area is 137 Å². The summed E-state index contributed by atoms with van der Waals surface area (Å²) in [5.41, 5.74) is -0.569. The maximum Gasteiger partial charge on any atom is 0.410 e. The predicted octanol–water partition coefficient (Wildman–Crippen LogP) is 4.80. The van der Waals surface area contributed by atoms with E-state index in [9.17, 15) is 13.6 Å². The fraction of sp³-hybridized carbons (Fsp3) is 0.562. The lowest BCUT2D eigenvalue weighted by Crippen LogP contribution is -2.52. The lowest BCUT2D eigenvalue weighted by Gasteiger charge is -2.41. The number of halogens is 3. The summed E-state index contributed by atoms with van der Waals surface area (Å²) < 4.78 is 34.3. The van der Waals surface area contributed by atoms with E-state index in [-0.39, 0.29) is 17.9 Å². The molecule has 0 saturated carbocycles. The van der Waals surface area contributed by atoms with Gasteiger partial charge in [0.25, 0.3) is 5.92 Å². The minimum atomic E-state index is -2.89. The molecule has 6 heteroatoms. The first-order chi connectivity index (χ1) is 10.1. The predicted molar refractivity (Wildman–Crippen MR) is 84.0 cm³/mol. The molecule has 122 valence electrons. The molecule has 0 radical (unpaired) electrons. The Morgan fingerprint density at radius 3 is 2.55 bits per heavy atom. The highest BCUT2D eigenvalue weighted by Gasteiger charge is 2.41. The van der Waals surface area contributed by atoms with Crippen molar-refractivity contribution in [3.05, 3.63) is 34.3 Å². The van der Waals surface area contributed by atoms with Crippen molar-refractivity contribution in [2.45, 2.75) is 38.7 Å².